The van der Waals surface area contributed by atoms with Crippen molar-refractivity contribution in [2.24, 2.45) is 0 Å². The molecule has 0 heterocycles. The summed E-state index contributed by atoms with van der Waals surface area (Å²) in [6.45, 7) is 1.22. The molecule has 0 fully saturated rings. The summed E-state index contributed by atoms with van der Waals surface area (Å²) in [7, 11) is 0. The Morgan fingerprint density at radius 3 is 2.50 bits per heavy atom. The molecule has 1 aromatic rings. The van der Waals surface area contributed by atoms with E-state index in [9.17, 15) is 10.2 Å². The summed E-state index contributed by atoms with van der Waals surface area (Å²) in [5, 5.41) is 27.4. The van der Waals surface area contributed by atoms with Crippen molar-refractivity contribution < 1.29 is 15.3 Å². The molecule has 4 heteroatoms. The maximum atomic E-state index is 9.31. The summed E-state index contributed by atoms with van der Waals surface area (Å²) >= 11 is 5.66. The van der Waals surface area contributed by atoms with Crippen molar-refractivity contribution in [3.05, 3.63) is 22.2 Å². The van der Waals surface area contributed by atoms with Crippen LogP contribution in [-0.2, 0) is 6.61 Å². The van der Waals surface area contributed by atoms with Crippen LogP contribution in [-0.4, -0.2) is 15.3 Å². The zero-order valence-electron chi connectivity index (χ0n) is 6.50. The molecule has 3 nitrogen and oxygen atoms in total. The van der Waals surface area contributed by atoms with Gasteiger partial charge in [-0.25, -0.2) is 0 Å². The van der Waals surface area contributed by atoms with Crippen LogP contribution >= 0.6 is 11.6 Å². The van der Waals surface area contributed by atoms with Crippen LogP contribution < -0.4 is 0 Å². The van der Waals surface area contributed by atoms with Gasteiger partial charge < -0.3 is 15.3 Å². The van der Waals surface area contributed by atoms with Crippen LogP contribution in [0.3, 0.4) is 0 Å². The van der Waals surface area contributed by atoms with E-state index >= 15 is 0 Å². The van der Waals surface area contributed by atoms with Gasteiger partial charge in [0, 0.05) is 0 Å². The average molecular weight is 189 g/mol. The molecule has 0 saturated heterocycles. The third kappa shape index (κ3) is 1.33. The van der Waals surface area contributed by atoms with Crippen LogP contribution in [0.1, 0.15) is 11.1 Å². The Labute approximate surface area is 74.8 Å². The highest BCUT2D eigenvalue weighted by Gasteiger charge is 2.12. The molecule has 1 rings (SSSR count). The Hall–Kier alpha value is -0.930. The predicted molar refractivity (Wildman–Crippen MR) is 45.4 cm³/mol. The molecule has 0 amide bonds. The summed E-state index contributed by atoms with van der Waals surface area (Å²) < 4.78 is 0. The Kier molecular flexibility index (Phi) is 2.45. The van der Waals surface area contributed by atoms with Crippen molar-refractivity contribution in [3.63, 3.8) is 0 Å². The topological polar surface area (TPSA) is 60.7 Å². The number of aromatic hydroxyl groups is 2. The van der Waals surface area contributed by atoms with Gasteiger partial charge in [-0.2, -0.15) is 0 Å². The van der Waals surface area contributed by atoms with E-state index in [4.69, 9.17) is 16.7 Å². The SMILES string of the molecule is Cc1cc(O)c(CO)c(O)c1Cl. The predicted octanol–water partition coefficient (Wildman–Crippen LogP) is 1.55. The molecule has 0 atom stereocenters. The Morgan fingerprint density at radius 1 is 1.42 bits per heavy atom. The van der Waals surface area contributed by atoms with E-state index in [1.54, 1.807) is 6.92 Å². The van der Waals surface area contributed by atoms with Crippen molar-refractivity contribution in [2.45, 2.75) is 13.5 Å². The van der Waals surface area contributed by atoms with Gasteiger partial charge in [0.2, 0.25) is 0 Å². The molecule has 0 unspecified atom stereocenters. The first kappa shape index (κ1) is 9.16. The van der Waals surface area contributed by atoms with Gasteiger partial charge in [0.1, 0.15) is 11.5 Å². The number of aryl methyl sites for hydroxylation is 1. The monoisotopic (exact) mass is 188 g/mol. The summed E-state index contributed by atoms with van der Waals surface area (Å²) in [6, 6.07) is 1.40. The maximum Gasteiger partial charge on any atom is 0.143 e. The second-order valence-electron chi connectivity index (χ2n) is 2.51. The normalized spacial score (nSPS) is 10.2. The second kappa shape index (κ2) is 3.21. The van der Waals surface area contributed by atoms with Crippen molar-refractivity contribution in [1.29, 1.82) is 0 Å². The molecule has 12 heavy (non-hydrogen) atoms. The summed E-state index contributed by atoms with van der Waals surface area (Å²) in [5.41, 5.74) is 0.634. The Bertz CT molecular complexity index is 310. The first-order valence-electron chi connectivity index (χ1n) is 3.38. The third-order valence-electron chi connectivity index (χ3n) is 1.66. The van der Waals surface area contributed by atoms with Crippen molar-refractivity contribution in [2.75, 3.05) is 0 Å². The van der Waals surface area contributed by atoms with E-state index in [0.29, 0.717) is 5.56 Å². The van der Waals surface area contributed by atoms with Gasteiger partial charge in [0.25, 0.3) is 0 Å². The lowest BCUT2D eigenvalue weighted by molar-refractivity contribution is 0.268. The van der Waals surface area contributed by atoms with Crippen LogP contribution in [0.4, 0.5) is 0 Å². The number of aliphatic hydroxyl groups excluding tert-OH is 1. The van der Waals surface area contributed by atoms with Gasteiger partial charge in [-0.05, 0) is 18.6 Å². The molecular weight excluding hydrogens is 180 g/mol. The number of hydrogen-bond acceptors (Lipinski definition) is 3. The molecule has 0 aliphatic carbocycles. The molecule has 0 aromatic heterocycles. The minimum Gasteiger partial charge on any atom is -0.507 e. The first-order chi connectivity index (χ1) is 5.57. The van der Waals surface area contributed by atoms with Gasteiger partial charge >= 0.3 is 0 Å². The molecule has 0 bridgehead atoms. The molecule has 3 N–H and O–H groups in total. The van der Waals surface area contributed by atoms with Crippen molar-refractivity contribution >= 4 is 11.6 Å². The molecule has 1 aromatic carbocycles. The maximum absolute atomic E-state index is 9.31. The smallest absolute Gasteiger partial charge is 0.143 e. The standard InChI is InChI=1S/C8H9ClO3/c1-4-2-6(11)5(3-10)8(12)7(4)9/h2,10-12H,3H2,1H3. The van der Waals surface area contributed by atoms with Gasteiger partial charge in [-0.15, -0.1) is 0 Å². The number of benzene rings is 1. The Balaban J connectivity index is 3.40. The summed E-state index contributed by atoms with van der Waals surface area (Å²) in [6.07, 6.45) is 0. The Morgan fingerprint density at radius 2 is 2.00 bits per heavy atom. The van der Waals surface area contributed by atoms with Gasteiger partial charge in [-0.3, -0.25) is 0 Å². The number of phenols is 2. The largest absolute Gasteiger partial charge is 0.507 e. The molecule has 0 aliphatic heterocycles. The zero-order valence-corrected chi connectivity index (χ0v) is 7.26. The zero-order chi connectivity index (χ0) is 9.30. The highest BCUT2D eigenvalue weighted by molar-refractivity contribution is 6.33. The summed E-state index contributed by atoms with van der Waals surface area (Å²) in [5.74, 6) is -0.395. The van der Waals surface area contributed by atoms with Crippen molar-refractivity contribution in [1.82, 2.24) is 0 Å². The van der Waals surface area contributed by atoms with Gasteiger partial charge in [-0.1, -0.05) is 11.6 Å². The third-order valence-corrected chi connectivity index (χ3v) is 2.14. The van der Waals surface area contributed by atoms with E-state index in [1.165, 1.54) is 6.07 Å². The highest BCUT2D eigenvalue weighted by Crippen LogP contribution is 2.36. The molecule has 0 radical (unpaired) electrons. The van der Waals surface area contributed by atoms with Crippen LogP contribution in [0.5, 0.6) is 11.5 Å². The fourth-order valence-electron chi connectivity index (χ4n) is 0.952. The lowest BCUT2D eigenvalue weighted by Gasteiger charge is -2.07. The van der Waals surface area contributed by atoms with E-state index < -0.39 is 6.61 Å². The van der Waals surface area contributed by atoms with Crippen LogP contribution in [0.15, 0.2) is 6.07 Å². The molecule has 0 spiro atoms. The van der Waals surface area contributed by atoms with Crippen molar-refractivity contribution in [3.8, 4) is 11.5 Å². The second-order valence-corrected chi connectivity index (χ2v) is 2.89. The summed E-state index contributed by atoms with van der Waals surface area (Å²) in [4.78, 5) is 0. The fraction of sp³-hybridized carbons (Fsp3) is 0.250. The highest BCUT2D eigenvalue weighted by atomic mass is 35.5. The van der Waals surface area contributed by atoms with E-state index in [2.05, 4.69) is 0 Å². The molecule has 66 valence electrons. The minimum atomic E-state index is -0.433. The number of aliphatic hydroxyl groups is 1. The lowest BCUT2D eigenvalue weighted by atomic mass is 10.1. The van der Waals surface area contributed by atoms with Crippen LogP contribution in [0, 0.1) is 6.92 Å². The quantitative estimate of drug-likeness (QED) is 0.627. The minimum absolute atomic E-state index is 0.0607. The molecule has 0 aliphatic rings. The molecular formula is C8H9ClO3. The average Bonchev–Trinajstić information content (AvgIpc) is 2.01. The number of rotatable bonds is 1. The van der Waals surface area contributed by atoms with Crippen LogP contribution in [0.2, 0.25) is 5.02 Å². The van der Waals surface area contributed by atoms with E-state index in [1.807, 2.05) is 0 Å². The van der Waals surface area contributed by atoms with E-state index in [-0.39, 0.29) is 22.1 Å². The molecule has 0 saturated carbocycles. The first-order valence-corrected chi connectivity index (χ1v) is 3.76. The fourth-order valence-corrected chi connectivity index (χ4v) is 1.12. The lowest BCUT2D eigenvalue weighted by Crippen LogP contribution is -1.88. The van der Waals surface area contributed by atoms with Gasteiger partial charge in [0.15, 0.2) is 0 Å². The number of hydrogen-bond donors (Lipinski definition) is 3. The number of halogens is 1. The van der Waals surface area contributed by atoms with Crippen LogP contribution in [0.25, 0.3) is 0 Å². The van der Waals surface area contributed by atoms with E-state index in [0.717, 1.165) is 0 Å². The van der Waals surface area contributed by atoms with Gasteiger partial charge in [0.05, 0.1) is 17.2 Å².